The van der Waals surface area contributed by atoms with E-state index in [2.05, 4.69) is 10.00 Å². The average Bonchev–Trinajstić information content (AvgIpc) is 2.61. The Kier molecular flexibility index (Phi) is 2.96. The summed E-state index contributed by atoms with van der Waals surface area (Å²) in [6.07, 6.45) is 4.79. The van der Waals surface area contributed by atoms with E-state index in [1.54, 1.807) is 4.68 Å². The van der Waals surface area contributed by atoms with Gasteiger partial charge in [0.1, 0.15) is 5.56 Å². The predicted molar refractivity (Wildman–Crippen MR) is 59.4 cm³/mol. The molecule has 1 N–H and O–H groups in total. The molecule has 0 amide bonds. The van der Waals surface area contributed by atoms with Crippen LogP contribution in [0.2, 0.25) is 0 Å². The standard InChI is InChI=1S/C11H17N3O2/c1-13-6-4-3-5-9(13)10-8(11(15)16)7-12-14(10)2/h7,9H,3-6H2,1-2H3,(H,15,16). The van der Waals surface area contributed by atoms with Crippen molar-refractivity contribution in [2.45, 2.75) is 25.3 Å². The third kappa shape index (κ3) is 1.82. The Morgan fingerprint density at radius 3 is 2.88 bits per heavy atom. The first-order valence-electron chi connectivity index (χ1n) is 5.56. The number of likely N-dealkylation sites (tertiary alicyclic amines) is 1. The first-order valence-corrected chi connectivity index (χ1v) is 5.56. The van der Waals surface area contributed by atoms with Crippen LogP contribution in [0.4, 0.5) is 0 Å². The number of hydrogen-bond donors (Lipinski definition) is 1. The Morgan fingerprint density at radius 1 is 1.50 bits per heavy atom. The van der Waals surface area contributed by atoms with E-state index >= 15 is 0 Å². The third-order valence-corrected chi connectivity index (χ3v) is 3.30. The van der Waals surface area contributed by atoms with Crippen LogP contribution in [0.15, 0.2) is 6.20 Å². The van der Waals surface area contributed by atoms with E-state index in [1.807, 2.05) is 14.1 Å². The molecule has 1 aromatic rings. The highest BCUT2D eigenvalue weighted by Gasteiger charge is 2.28. The second-order valence-corrected chi connectivity index (χ2v) is 4.36. The van der Waals surface area contributed by atoms with Gasteiger partial charge >= 0.3 is 5.97 Å². The maximum atomic E-state index is 11.1. The minimum Gasteiger partial charge on any atom is -0.478 e. The van der Waals surface area contributed by atoms with E-state index < -0.39 is 5.97 Å². The van der Waals surface area contributed by atoms with E-state index in [4.69, 9.17) is 5.11 Å². The quantitative estimate of drug-likeness (QED) is 0.820. The number of aromatic carboxylic acids is 1. The summed E-state index contributed by atoms with van der Waals surface area (Å²) in [5.41, 5.74) is 1.16. The van der Waals surface area contributed by atoms with Crippen molar-refractivity contribution in [2.24, 2.45) is 7.05 Å². The molecule has 2 heterocycles. The normalized spacial score (nSPS) is 22.2. The van der Waals surface area contributed by atoms with Gasteiger partial charge in [-0.15, -0.1) is 0 Å². The molecule has 0 aliphatic carbocycles. The second-order valence-electron chi connectivity index (χ2n) is 4.36. The smallest absolute Gasteiger partial charge is 0.339 e. The van der Waals surface area contributed by atoms with Crippen molar-refractivity contribution in [2.75, 3.05) is 13.6 Å². The number of carboxylic acids is 1. The van der Waals surface area contributed by atoms with Gasteiger partial charge in [-0.1, -0.05) is 6.42 Å². The fraction of sp³-hybridized carbons (Fsp3) is 0.636. The second kappa shape index (κ2) is 4.25. The van der Waals surface area contributed by atoms with Crippen LogP contribution in [0.25, 0.3) is 0 Å². The van der Waals surface area contributed by atoms with Crippen LogP contribution in [0.3, 0.4) is 0 Å². The molecule has 0 radical (unpaired) electrons. The summed E-state index contributed by atoms with van der Waals surface area (Å²) in [6, 6.07) is 0.187. The molecule has 16 heavy (non-hydrogen) atoms. The van der Waals surface area contributed by atoms with Crippen LogP contribution in [0, 0.1) is 0 Å². The van der Waals surface area contributed by atoms with Crippen molar-refractivity contribution in [1.82, 2.24) is 14.7 Å². The lowest BCUT2D eigenvalue weighted by Gasteiger charge is -2.32. The topological polar surface area (TPSA) is 58.4 Å². The lowest BCUT2D eigenvalue weighted by atomic mass is 9.97. The van der Waals surface area contributed by atoms with Crippen LogP contribution in [-0.2, 0) is 7.05 Å². The van der Waals surface area contributed by atoms with Gasteiger partial charge in [0.15, 0.2) is 0 Å². The van der Waals surface area contributed by atoms with Gasteiger partial charge < -0.3 is 5.11 Å². The van der Waals surface area contributed by atoms with Crippen molar-refractivity contribution in [3.8, 4) is 0 Å². The SMILES string of the molecule is CN1CCCCC1c1c(C(=O)O)cnn1C. The van der Waals surface area contributed by atoms with Gasteiger partial charge in [-0.2, -0.15) is 5.10 Å². The molecule has 5 heteroatoms. The number of hydrogen-bond acceptors (Lipinski definition) is 3. The van der Waals surface area contributed by atoms with Crippen LogP contribution in [0.5, 0.6) is 0 Å². The van der Waals surface area contributed by atoms with Gasteiger partial charge in [-0.25, -0.2) is 4.79 Å². The molecular formula is C11H17N3O2. The van der Waals surface area contributed by atoms with Crippen LogP contribution < -0.4 is 0 Å². The van der Waals surface area contributed by atoms with Gasteiger partial charge in [0.05, 0.1) is 17.9 Å². The lowest BCUT2D eigenvalue weighted by Crippen LogP contribution is -2.32. The highest BCUT2D eigenvalue weighted by Crippen LogP contribution is 2.31. The molecular weight excluding hydrogens is 206 g/mol. The number of carbonyl (C=O) groups is 1. The fourth-order valence-corrected chi connectivity index (χ4v) is 2.43. The highest BCUT2D eigenvalue weighted by atomic mass is 16.4. The van der Waals surface area contributed by atoms with E-state index in [-0.39, 0.29) is 6.04 Å². The molecule has 2 rings (SSSR count). The first-order chi connectivity index (χ1) is 7.61. The molecule has 1 aromatic heterocycles. The molecule has 0 saturated carbocycles. The third-order valence-electron chi connectivity index (χ3n) is 3.30. The summed E-state index contributed by atoms with van der Waals surface area (Å²) in [6.45, 7) is 1.02. The summed E-state index contributed by atoms with van der Waals surface area (Å²) in [4.78, 5) is 13.3. The molecule has 1 saturated heterocycles. The molecule has 0 spiro atoms. The maximum Gasteiger partial charge on any atom is 0.339 e. The van der Waals surface area contributed by atoms with E-state index in [0.29, 0.717) is 5.56 Å². The molecule has 0 aromatic carbocycles. The molecule has 1 fully saturated rings. The minimum absolute atomic E-state index is 0.187. The number of aromatic nitrogens is 2. The highest BCUT2D eigenvalue weighted by molar-refractivity contribution is 5.88. The Bertz CT molecular complexity index is 400. The maximum absolute atomic E-state index is 11.1. The zero-order valence-corrected chi connectivity index (χ0v) is 9.68. The first kappa shape index (κ1) is 11.1. The fourth-order valence-electron chi connectivity index (χ4n) is 2.43. The van der Waals surface area contributed by atoms with Crippen molar-refractivity contribution in [3.63, 3.8) is 0 Å². The Morgan fingerprint density at radius 2 is 2.25 bits per heavy atom. The number of aryl methyl sites for hydroxylation is 1. The number of carboxylic acid groups (broad SMARTS) is 1. The molecule has 88 valence electrons. The van der Waals surface area contributed by atoms with E-state index in [1.165, 1.54) is 12.6 Å². The molecule has 1 unspecified atom stereocenters. The molecule has 1 atom stereocenters. The molecule has 1 aliphatic rings. The molecule has 1 aliphatic heterocycles. The van der Waals surface area contributed by atoms with Crippen molar-refractivity contribution in [1.29, 1.82) is 0 Å². The van der Waals surface area contributed by atoms with E-state index in [9.17, 15) is 4.79 Å². The molecule has 0 bridgehead atoms. The summed E-state index contributed by atoms with van der Waals surface area (Å²) < 4.78 is 1.69. The zero-order chi connectivity index (χ0) is 11.7. The van der Waals surface area contributed by atoms with E-state index in [0.717, 1.165) is 25.1 Å². The number of nitrogens with zero attached hydrogens (tertiary/aromatic N) is 3. The largest absolute Gasteiger partial charge is 0.478 e. The zero-order valence-electron chi connectivity index (χ0n) is 9.68. The van der Waals surface area contributed by atoms with Gasteiger partial charge in [0, 0.05) is 7.05 Å². The van der Waals surface area contributed by atoms with Crippen LogP contribution in [-0.4, -0.2) is 39.3 Å². The van der Waals surface area contributed by atoms with Crippen molar-refractivity contribution in [3.05, 3.63) is 17.5 Å². The van der Waals surface area contributed by atoms with Gasteiger partial charge in [0.25, 0.3) is 0 Å². The van der Waals surface area contributed by atoms with Gasteiger partial charge in [0.2, 0.25) is 0 Å². The Balaban J connectivity index is 2.37. The van der Waals surface area contributed by atoms with Crippen molar-refractivity contribution < 1.29 is 9.90 Å². The minimum atomic E-state index is -0.887. The number of piperidine rings is 1. The summed E-state index contributed by atoms with van der Waals surface area (Å²) in [5.74, 6) is -0.887. The summed E-state index contributed by atoms with van der Waals surface area (Å²) >= 11 is 0. The predicted octanol–water partition coefficient (Wildman–Crippen LogP) is 1.28. The van der Waals surface area contributed by atoms with Crippen LogP contribution in [0.1, 0.15) is 41.4 Å². The number of rotatable bonds is 2. The van der Waals surface area contributed by atoms with Gasteiger partial charge in [-0.05, 0) is 26.4 Å². The average molecular weight is 223 g/mol. The summed E-state index contributed by atoms with van der Waals surface area (Å²) in [5, 5.41) is 13.2. The summed E-state index contributed by atoms with van der Waals surface area (Å²) in [7, 11) is 3.85. The monoisotopic (exact) mass is 223 g/mol. The molecule has 5 nitrogen and oxygen atoms in total. The van der Waals surface area contributed by atoms with Crippen molar-refractivity contribution >= 4 is 5.97 Å². The lowest BCUT2D eigenvalue weighted by molar-refractivity contribution is 0.0691. The van der Waals surface area contributed by atoms with Crippen LogP contribution >= 0.6 is 0 Å². The van der Waals surface area contributed by atoms with Gasteiger partial charge in [-0.3, -0.25) is 9.58 Å². The Hall–Kier alpha value is -1.36. The Labute approximate surface area is 94.7 Å².